The maximum absolute atomic E-state index is 13.0. The number of benzene rings is 2. The zero-order chi connectivity index (χ0) is 21.7. The molecule has 0 saturated carbocycles. The van der Waals surface area contributed by atoms with E-state index in [1.165, 1.54) is 14.2 Å². The number of ketones is 1. The van der Waals surface area contributed by atoms with Crippen molar-refractivity contribution >= 4 is 17.4 Å². The van der Waals surface area contributed by atoms with E-state index in [0.717, 1.165) is 24.8 Å². The quantitative estimate of drug-likeness (QED) is 0.304. The van der Waals surface area contributed by atoms with Crippen LogP contribution in [-0.2, 0) is 9.59 Å². The minimum atomic E-state index is -0.673. The van der Waals surface area contributed by atoms with Crippen LogP contribution in [0, 0.1) is 0 Å². The van der Waals surface area contributed by atoms with Crippen molar-refractivity contribution in [2.75, 3.05) is 20.8 Å². The Labute approximate surface area is 176 Å². The number of Topliss-reactive ketones (excluding diaryl/α,β-unsaturated/α-hetero) is 1. The van der Waals surface area contributed by atoms with Crippen LogP contribution in [0.3, 0.4) is 0 Å². The number of rotatable bonds is 8. The van der Waals surface area contributed by atoms with E-state index in [4.69, 9.17) is 9.47 Å². The first-order valence-corrected chi connectivity index (χ1v) is 10.1. The summed E-state index contributed by atoms with van der Waals surface area (Å²) in [7, 11) is 3.02. The van der Waals surface area contributed by atoms with Crippen molar-refractivity contribution in [1.82, 2.24) is 4.90 Å². The maximum atomic E-state index is 13.0. The van der Waals surface area contributed by atoms with Gasteiger partial charge in [-0.2, -0.15) is 0 Å². The van der Waals surface area contributed by atoms with Gasteiger partial charge in [0, 0.05) is 12.1 Å². The Bertz CT molecular complexity index is 951. The molecule has 1 N–H and O–H groups in total. The molecule has 158 valence electrons. The first-order valence-electron chi connectivity index (χ1n) is 10.1. The van der Waals surface area contributed by atoms with Gasteiger partial charge in [-0.3, -0.25) is 9.59 Å². The minimum Gasteiger partial charge on any atom is -0.507 e. The number of hydrogen-bond donors (Lipinski definition) is 1. The number of carbonyl (C=O) groups is 2. The van der Waals surface area contributed by atoms with E-state index >= 15 is 0 Å². The molecule has 0 aliphatic carbocycles. The monoisotopic (exact) mass is 409 g/mol. The highest BCUT2D eigenvalue weighted by Gasteiger charge is 2.45. The van der Waals surface area contributed by atoms with E-state index in [1.54, 1.807) is 23.1 Å². The van der Waals surface area contributed by atoms with E-state index in [0.29, 0.717) is 23.6 Å². The Morgan fingerprint density at radius 2 is 1.70 bits per heavy atom. The fraction of sp³-hybridized carbons (Fsp3) is 0.333. The lowest BCUT2D eigenvalue weighted by atomic mass is 9.95. The third kappa shape index (κ3) is 4.03. The molecule has 0 radical (unpaired) electrons. The molecule has 0 aromatic heterocycles. The van der Waals surface area contributed by atoms with Gasteiger partial charge in [0.15, 0.2) is 11.5 Å². The molecule has 1 saturated heterocycles. The summed E-state index contributed by atoms with van der Waals surface area (Å²) in [6.07, 6.45) is 2.76. The van der Waals surface area contributed by atoms with Crippen LogP contribution < -0.4 is 9.47 Å². The Morgan fingerprint density at radius 3 is 2.33 bits per heavy atom. The summed E-state index contributed by atoms with van der Waals surface area (Å²) in [6, 6.07) is 13.6. The highest BCUT2D eigenvalue weighted by Crippen LogP contribution is 2.40. The van der Waals surface area contributed by atoms with E-state index in [-0.39, 0.29) is 11.3 Å². The Kier molecular flexibility index (Phi) is 6.77. The first kappa shape index (κ1) is 21.4. The number of unbranched alkanes of at least 4 members (excludes halogenated alkanes) is 2. The largest absolute Gasteiger partial charge is 0.507 e. The molecule has 1 unspecified atom stereocenters. The number of likely N-dealkylation sites (tertiary alicyclic amines) is 1. The highest BCUT2D eigenvalue weighted by molar-refractivity contribution is 6.46. The summed E-state index contributed by atoms with van der Waals surface area (Å²) >= 11 is 0. The highest BCUT2D eigenvalue weighted by atomic mass is 16.5. The fourth-order valence-corrected chi connectivity index (χ4v) is 3.76. The van der Waals surface area contributed by atoms with Gasteiger partial charge in [0.1, 0.15) is 5.76 Å². The lowest BCUT2D eigenvalue weighted by Crippen LogP contribution is -2.30. The van der Waals surface area contributed by atoms with Crippen molar-refractivity contribution < 1.29 is 24.2 Å². The van der Waals surface area contributed by atoms with Crippen molar-refractivity contribution in [1.29, 1.82) is 0 Å². The summed E-state index contributed by atoms with van der Waals surface area (Å²) in [5, 5.41) is 11.1. The standard InChI is InChI=1S/C24H27NO5/c1-4-5-9-14-25-21(16-10-7-6-8-11-16)20(23(27)24(25)28)22(26)17-12-13-18(29-2)19(15-17)30-3/h6-8,10-13,15,21,26H,4-5,9,14H2,1-3H3/b22-20-. The van der Waals surface area contributed by atoms with Crippen molar-refractivity contribution in [3.05, 3.63) is 65.2 Å². The summed E-state index contributed by atoms with van der Waals surface area (Å²) in [5.74, 6) is -0.542. The average molecular weight is 409 g/mol. The van der Waals surface area contributed by atoms with Crippen LogP contribution in [0.5, 0.6) is 11.5 Å². The van der Waals surface area contributed by atoms with Gasteiger partial charge in [-0.25, -0.2) is 0 Å². The Morgan fingerprint density at radius 1 is 1.00 bits per heavy atom. The zero-order valence-corrected chi connectivity index (χ0v) is 17.6. The van der Waals surface area contributed by atoms with Gasteiger partial charge in [0.05, 0.1) is 25.8 Å². The third-order valence-corrected chi connectivity index (χ3v) is 5.31. The fourth-order valence-electron chi connectivity index (χ4n) is 3.76. The van der Waals surface area contributed by atoms with Crippen LogP contribution in [0.2, 0.25) is 0 Å². The number of hydrogen-bond acceptors (Lipinski definition) is 5. The molecule has 1 atom stereocenters. The van der Waals surface area contributed by atoms with Gasteiger partial charge in [-0.1, -0.05) is 50.1 Å². The molecule has 1 fully saturated rings. The smallest absolute Gasteiger partial charge is 0.295 e. The SMILES string of the molecule is CCCCCN1C(=O)C(=O)/C(=C(\O)c2ccc(OC)c(OC)c2)C1c1ccccc1. The van der Waals surface area contributed by atoms with E-state index in [2.05, 4.69) is 6.92 Å². The average Bonchev–Trinajstić information content (AvgIpc) is 3.03. The second-order valence-electron chi connectivity index (χ2n) is 7.18. The Hall–Kier alpha value is -3.28. The molecule has 2 aromatic carbocycles. The maximum Gasteiger partial charge on any atom is 0.295 e. The van der Waals surface area contributed by atoms with Gasteiger partial charge in [0.2, 0.25) is 0 Å². The minimum absolute atomic E-state index is 0.0925. The van der Waals surface area contributed by atoms with Gasteiger partial charge in [-0.05, 0) is 30.2 Å². The normalized spacial score (nSPS) is 18.0. The second-order valence-corrected chi connectivity index (χ2v) is 7.18. The molecule has 2 aromatic rings. The third-order valence-electron chi connectivity index (χ3n) is 5.31. The van der Waals surface area contributed by atoms with Crippen LogP contribution in [0.15, 0.2) is 54.1 Å². The summed E-state index contributed by atoms with van der Waals surface area (Å²) in [5.41, 5.74) is 1.27. The summed E-state index contributed by atoms with van der Waals surface area (Å²) in [4.78, 5) is 27.4. The lowest BCUT2D eigenvalue weighted by molar-refractivity contribution is -0.139. The molecule has 6 heteroatoms. The second kappa shape index (κ2) is 9.48. The molecular formula is C24H27NO5. The van der Waals surface area contributed by atoms with Crippen LogP contribution in [-0.4, -0.2) is 42.5 Å². The number of methoxy groups -OCH3 is 2. The summed E-state index contributed by atoms with van der Waals surface area (Å²) in [6.45, 7) is 2.54. The van der Waals surface area contributed by atoms with Crippen molar-refractivity contribution in [2.45, 2.75) is 32.2 Å². The lowest BCUT2D eigenvalue weighted by Gasteiger charge is -2.25. The van der Waals surface area contributed by atoms with Crippen LogP contribution >= 0.6 is 0 Å². The van der Waals surface area contributed by atoms with Crippen LogP contribution in [0.25, 0.3) is 5.76 Å². The number of carbonyl (C=O) groups excluding carboxylic acids is 2. The van der Waals surface area contributed by atoms with E-state index < -0.39 is 17.7 Å². The molecule has 30 heavy (non-hydrogen) atoms. The van der Waals surface area contributed by atoms with E-state index in [1.807, 2.05) is 30.3 Å². The van der Waals surface area contributed by atoms with Crippen LogP contribution in [0.1, 0.15) is 43.4 Å². The number of nitrogens with zero attached hydrogens (tertiary/aromatic N) is 1. The number of aliphatic hydroxyl groups is 1. The molecule has 1 aliphatic heterocycles. The molecule has 1 aliphatic rings. The van der Waals surface area contributed by atoms with Crippen molar-refractivity contribution in [3.8, 4) is 11.5 Å². The molecule has 1 amide bonds. The number of aliphatic hydroxyl groups excluding tert-OH is 1. The zero-order valence-electron chi connectivity index (χ0n) is 17.6. The van der Waals surface area contributed by atoms with Gasteiger partial charge in [-0.15, -0.1) is 0 Å². The van der Waals surface area contributed by atoms with E-state index in [9.17, 15) is 14.7 Å². The number of ether oxygens (including phenoxy) is 2. The van der Waals surface area contributed by atoms with Crippen molar-refractivity contribution in [3.63, 3.8) is 0 Å². The van der Waals surface area contributed by atoms with Gasteiger partial charge >= 0.3 is 0 Å². The van der Waals surface area contributed by atoms with Crippen LogP contribution in [0.4, 0.5) is 0 Å². The van der Waals surface area contributed by atoms with Gasteiger partial charge < -0.3 is 19.5 Å². The number of amides is 1. The molecule has 0 bridgehead atoms. The molecule has 1 heterocycles. The molecular weight excluding hydrogens is 382 g/mol. The molecule has 0 spiro atoms. The summed E-state index contributed by atoms with van der Waals surface area (Å²) < 4.78 is 10.6. The molecule has 6 nitrogen and oxygen atoms in total. The van der Waals surface area contributed by atoms with Gasteiger partial charge in [0.25, 0.3) is 11.7 Å². The van der Waals surface area contributed by atoms with Crippen molar-refractivity contribution in [2.24, 2.45) is 0 Å². The topological polar surface area (TPSA) is 76.1 Å². The Balaban J connectivity index is 2.12. The molecule has 3 rings (SSSR count). The predicted octanol–water partition coefficient (Wildman–Crippen LogP) is 4.32. The predicted molar refractivity (Wildman–Crippen MR) is 115 cm³/mol. The first-order chi connectivity index (χ1) is 14.5.